The summed E-state index contributed by atoms with van der Waals surface area (Å²) >= 11 is 9.33. The summed E-state index contributed by atoms with van der Waals surface area (Å²) in [6.07, 6.45) is 0.949. The summed E-state index contributed by atoms with van der Waals surface area (Å²) in [6, 6.07) is 13.0. The quantitative estimate of drug-likeness (QED) is 0.846. The fourth-order valence-corrected chi connectivity index (χ4v) is 3.32. The smallest absolute Gasteiger partial charge is 0.246 e. The first-order chi connectivity index (χ1) is 10.1. The largest absolute Gasteiger partial charge is 0.323 e. The van der Waals surface area contributed by atoms with Crippen LogP contribution in [0.25, 0.3) is 0 Å². The first kappa shape index (κ1) is 14.6. The van der Waals surface area contributed by atoms with Crippen LogP contribution < -0.4 is 10.6 Å². The predicted octanol–water partition coefficient (Wildman–Crippen LogP) is 3.93. The van der Waals surface area contributed by atoms with Crippen molar-refractivity contribution in [1.29, 1.82) is 0 Å². The van der Waals surface area contributed by atoms with Crippen molar-refractivity contribution in [1.82, 2.24) is 5.32 Å². The third kappa shape index (κ3) is 3.12. The van der Waals surface area contributed by atoms with Crippen molar-refractivity contribution in [3.05, 3.63) is 63.1 Å². The minimum Gasteiger partial charge on any atom is -0.323 e. The Balaban J connectivity index is 1.83. The lowest BCUT2D eigenvalue weighted by atomic mass is 9.94. The third-order valence-corrected chi connectivity index (χ3v) is 4.45. The maximum atomic E-state index is 12.5. The molecule has 0 aromatic heterocycles. The van der Waals surface area contributed by atoms with Gasteiger partial charge in [-0.05, 0) is 51.7 Å². The number of nitrogens with one attached hydrogen (secondary N) is 2. The van der Waals surface area contributed by atoms with E-state index in [0.717, 1.165) is 23.0 Å². The average Bonchev–Trinajstić information content (AvgIpc) is 2.49. The lowest BCUT2D eigenvalue weighted by Gasteiger charge is -2.26. The molecular formula is C16H14BrClN2O. The van der Waals surface area contributed by atoms with Crippen LogP contribution in [0.3, 0.4) is 0 Å². The fourth-order valence-electron chi connectivity index (χ4n) is 2.53. The SMILES string of the molecule is O=C(Nc1ccc(Cl)cc1Br)C1NCCc2ccccc21. The van der Waals surface area contributed by atoms with Crippen LogP contribution in [0.1, 0.15) is 17.2 Å². The van der Waals surface area contributed by atoms with Gasteiger partial charge in [0, 0.05) is 16.0 Å². The predicted molar refractivity (Wildman–Crippen MR) is 88.7 cm³/mol. The molecule has 0 fully saturated rings. The number of rotatable bonds is 2. The molecule has 0 saturated carbocycles. The minimum absolute atomic E-state index is 0.0647. The standard InChI is InChI=1S/C16H14BrClN2O/c17-13-9-11(18)5-6-14(13)20-16(21)15-12-4-2-1-3-10(12)7-8-19-15/h1-6,9,15,19H,7-8H2,(H,20,21). The molecule has 1 heterocycles. The second kappa shape index (κ2) is 6.18. The Kier molecular flexibility index (Phi) is 4.29. The van der Waals surface area contributed by atoms with Gasteiger partial charge in [-0.3, -0.25) is 4.79 Å². The highest BCUT2D eigenvalue weighted by atomic mass is 79.9. The van der Waals surface area contributed by atoms with E-state index >= 15 is 0 Å². The summed E-state index contributed by atoms with van der Waals surface area (Å²) in [4.78, 5) is 12.5. The van der Waals surface area contributed by atoms with Crippen LogP contribution in [0.15, 0.2) is 46.9 Å². The van der Waals surface area contributed by atoms with Crippen molar-refractivity contribution in [2.75, 3.05) is 11.9 Å². The molecule has 2 aromatic rings. The molecule has 0 radical (unpaired) electrons. The van der Waals surface area contributed by atoms with Crippen molar-refractivity contribution in [3.63, 3.8) is 0 Å². The summed E-state index contributed by atoms with van der Waals surface area (Å²) < 4.78 is 0.771. The first-order valence-corrected chi connectivity index (χ1v) is 7.89. The van der Waals surface area contributed by atoms with Gasteiger partial charge in [0.1, 0.15) is 6.04 Å². The van der Waals surface area contributed by atoms with Crippen molar-refractivity contribution < 1.29 is 4.79 Å². The molecule has 1 aliphatic rings. The molecule has 1 atom stereocenters. The van der Waals surface area contributed by atoms with Crippen molar-refractivity contribution in [3.8, 4) is 0 Å². The van der Waals surface area contributed by atoms with Gasteiger partial charge < -0.3 is 10.6 Å². The molecule has 3 rings (SSSR count). The monoisotopic (exact) mass is 364 g/mol. The van der Waals surface area contributed by atoms with Crippen LogP contribution in [0, 0.1) is 0 Å². The van der Waals surface area contributed by atoms with Crippen LogP contribution in [0.4, 0.5) is 5.69 Å². The van der Waals surface area contributed by atoms with Crippen LogP contribution in [0.5, 0.6) is 0 Å². The van der Waals surface area contributed by atoms with E-state index in [0.29, 0.717) is 10.7 Å². The van der Waals surface area contributed by atoms with Gasteiger partial charge in [-0.15, -0.1) is 0 Å². The normalized spacial score (nSPS) is 17.1. The zero-order valence-electron chi connectivity index (χ0n) is 11.2. The molecule has 0 saturated heterocycles. The molecular weight excluding hydrogens is 352 g/mol. The van der Waals surface area contributed by atoms with Gasteiger partial charge in [0.15, 0.2) is 0 Å². The van der Waals surface area contributed by atoms with Crippen LogP contribution in [0.2, 0.25) is 5.02 Å². The zero-order valence-corrected chi connectivity index (χ0v) is 13.5. The zero-order chi connectivity index (χ0) is 14.8. The van der Waals surface area contributed by atoms with Gasteiger partial charge in [0.2, 0.25) is 5.91 Å². The van der Waals surface area contributed by atoms with E-state index in [1.807, 2.05) is 18.2 Å². The van der Waals surface area contributed by atoms with E-state index in [1.165, 1.54) is 5.56 Å². The van der Waals surface area contributed by atoms with E-state index < -0.39 is 0 Å². The Morgan fingerprint density at radius 1 is 1.29 bits per heavy atom. The second-order valence-corrected chi connectivity index (χ2v) is 6.24. The van der Waals surface area contributed by atoms with E-state index in [2.05, 4.69) is 32.6 Å². The summed E-state index contributed by atoms with van der Waals surface area (Å²) in [7, 11) is 0. The summed E-state index contributed by atoms with van der Waals surface area (Å²) in [6.45, 7) is 0.802. The molecule has 21 heavy (non-hydrogen) atoms. The molecule has 0 spiro atoms. The maximum absolute atomic E-state index is 12.5. The number of carbonyl (C=O) groups is 1. The number of fused-ring (bicyclic) bond motifs is 1. The van der Waals surface area contributed by atoms with E-state index in [1.54, 1.807) is 18.2 Å². The third-order valence-electron chi connectivity index (χ3n) is 3.56. The van der Waals surface area contributed by atoms with Gasteiger partial charge in [-0.2, -0.15) is 0 Å². The van der Waals surface area contributed by atoms with Crippen LogP contribution in [-0.2, 0) is 11.2 Å². The molecule has 0 aliphatic carbocycles. The van der Waals surface area contributed by atoms with Crippen molar-refractivity contribution in [2.45, 2.75) is 12.5 Å². The van der Waals surface area contributed by atoms with Crippen LogP contribution in [-0.4, -0.2) is 12.5 Å². The van der Waals surface area contributed by atoms with Gasteiger partial charge >= 0.3 is 0 Å². The molecule has 2 aromatic carbocycles. The second-order valence-electron chi connectivity index (χ2n) is 4.95. The highest BCUT2D eigenvalue weighted by Crippen LogP contribution is 2.28. The number of hydrogen-bond acceptors (Lipinski definition) is 2. The van der Waals surface area contributed by atoms with Crippen molar-refractivity contribution in [2.24, 2.45) is 0 Å². The highest BCUT2D eigenvalue weighted by molar-refractivity contribution is 9.10. The Morgan fingerprint density at radius 3 is 2.90 bits per heavy atom. The highest BCUT2D eigenvalue weighted by Gasteiger charge is 2.26. The number of anilines is 1. The van der Waals surface area contributed by atoms with Crippen LogP contribution >= 0.6 is 27.5 Å². The summed E-state index contributed by atoms with van der Waals surface area (Å²) in [5.41, 5.74) is 2.99. The Bertz CT molecular complexity index is 690. The Morgan fingerprint density at radius 2 is 2.10 bits per heavy atom. The van der Waals surface area contributed by atoms with Gasteiger partial charge in [-0.1, -0.05) is 35.9 Å². The Hall–Kier alpha value is -1.36. The number of halogens is 2. The number of carbonyl (C=O) groups excluding carboxylic acids is 1. The van der Waals surface area contributed by atoms with E-state index in [-0.39, 0.29) is 11.9 Å². The minimum atomic E-state index is -0.322. The Labute approximate surface area is 136 Å². The van der Waals surface area contributed by atoms with E-state index in [9.17, 15) is 4.79 Å². The number of amides is 1. The molecule has 0 bridgehead atoms. The molecule has 1 amide bonds. The molecule has 108 valence electrons. The van der Waals surface area contributed by atoms with Gasteiger partial charge in [0.25, 0.3) is 0 Å². The lowest BCUT2D eigenvalue weighted by Crippen LogP contribution is -2.38. The summed E-state index contributed by atoms with van der Waals surface area (Å²) in [5.74, 6) is -0.0647. The molecule has 1 aliphatic heterocycles. The number of hydrogen-bond donors (Lipinski definition) is 2. The molecule has 5 heteroatoms. The molecule has 1 unspecified atom stereocenters. The molecule has 3 nitrogen and oxygen atoms in total. The van der Waals surface area contributed by atoms with Gasteiger partial charge in [-0.25, -0.2) is 0 Å². The topological polar surface area (TPSA) is 41.1 Å². The van der Waals surface area contributed by atoms with Gasteiger partial charge in [0.05, 0.1) is 5.69 Å². The van der Waals surface area contributed by atoms with E-state index in [4.69, 9.17) is 11.6 Å². The van der Waals surface area contributed by atoms with Crippen molar-refractivity contribution >= 4 is 39.1 Å². The number of benzene rings is 2. The fraction of sp³-hybridized carbons (Fsp3) is 0.188. The summed E-state index contributed by atoms with van der Waals surface area (Å²) in [5, 5.41) is 6.84. The maximum Gasteiger partial charge on any atom is 0.246 e. The molecule has 2 N–H and O–H groups in total. The lowest BCUT2D eigenvalue weighted by molar-refractivity contribution is -0.118. The first-order valence-electron chi connectivity index (χ1n) is 6.72. The average molecular weight is 366 g/mol.